The second kappa shape index (κ2) is 8.26. The summed E-state index contributed by atoms with van der Waals surface area (Å²) in [6.07, 6.45) is -3.68. The van der Waals surface area contributed by atoms with Gasteiger partial charge in [0.2, 0.25) is 5.91 Å². The summed E-state index contributed by atoms with van der Waals surface area (Å²) in [4.78, 5) is 25.8. The Balaban J connectivity index is 1.30. The van der Waals surface area contributed by atoms with Gasteiger partial charge in [-0.1, -0.05) is 13.8 Å². The minimum absolute atomic E-state index is 0.0558. The molecule has 0 spiro atoms. The predicted molar refractivity (Wildman–Crippen MR) is 111 cm³/mol. The summed E-state index contributed by atoms with van der Waals surface area (Å²) >= 11 is 0. The molecule has 0 aliphatic carbocycles. The number of aryl methyl sites for hydroxylation is 1. The molecule has 1 aromatic heterocycles. The largest absolute Gasteiger partial charge is 0.586 e. The smallest absolute Gasteiger partial charge is 0.395 e. The highest BCUT2D eigenvalue weighted by atomic mass is 19.3. The Morgan fingerprint density at radius 2 is 1.84 bits per heavy atom. The van der Waals surface area contributed by atoms with Gasteiger partial charge < -0.3 is 19.7 Å². The second-order valence-electron chi connectivity index (χ2n) is 8.02. The van der Waals surface area contributed by atoms with Crippen LogP contribution < -0.4 is 19.7 Å². The van der Waals surface area contributed by atoms with Crippen molar-refractivity contribution in [1.29, 1.82) is 0 Å². The number of nitrogens with zero attached hydrogens (tertiary/aromatic N) is 4. The number of hydrogen-bond donors (Lipinski definition) is 1. The van der Waals surface area contributed by atoms with Crippen LogP contribution in [0.4, 0.5) is 20.3 Å². The number of aromatic nitrogens is 2. The number of carbonyl (C=O) groups is 1. The van der Waals surface area contributed by atoms with E-state index in [0.717, 1.165) is 30.4 Å². The highest BCUT2D eigenvalue weighted by molar-refractivity contribution is 5.92. The number of nitrogens with one attached hydrogen (secondary N) is 1. The molecule has 0 atom stereocenters. The van der Waals surface area contributed by atoms with Gasteiger partial charge in [0.1, 0.15) is 11.6 Å². The average molecular weight is 433 g/mol. The number of hydrogen-bond acceptors (Lipinski definition) is 7. The van der Waals surface area contributed by atoms with E-state index in [2.05, 4.69) is 43.5 Å². The average Bonchev–Trinajstić information content (AvgIpc) is 3.01. The van der Waals surface area contributed by atoms with E-state index in [1.54, 1.807) is 0 Å². The molecule has 1 saturated heterocycles. The van der Waals surface area contributed by atoms with Gasteiger partial charge in [-0.3, -0.25) is 9.69 Å². The maximum atomic E-state index is 13.1. The van der Waals surface area contributed by atoms with Crippen LogP contribution in [0.15, 0.2) is 24.3 Å². The number of rotatable bonds is 5. The lowest BCUT2D eigenvalue weighted by molar-refractivity contribution is -0.286. The number of halogens is 2. The van der Waals surface area contributed by atoms with Crippen LogP contribution >= 0.6 is 0 Å². The number of alkyl halides is 2. The van der Waals surface area contributed by atoms with E-state index in [4.69, 9.17) is 0 Å². The summed E-state index contributed by atoms with van der Waals surface area (Å²) in [6.45, 7) is 9.23. The van der Waals surface area contributed by atoms with Crippen molar-refractivity contribution >= 4 is 17.4 Å². The zero-order valence-corrected chi connectivity index (χ0v) is 17.7. The fourth-order valence-electron chi connectivity index (χ4n) is 3.56. The summed E-state index contributed by atoms with van der Waals surface area (Å²) in [5.74, 6) is 1.62. The molecule has 10 heteroatoms. The molecule has 1 amide bonds. The fourth-order valence-corrected chi connectivity index (χ4v) is 3.56. The molecular formula is C21H25F2N5O3. The summed E-state index contributed by atoms with van der Waals surface area (Å²) in [5, 5.41) is 2.72. The number of ether oxygens (including phenoxy) is 2. The molecule has 166 valence electrons. The van der Waals surface area contributed by atoms with Crippen molar-refractivity contribution in [2.45, 2.75) is 33.0 Å². The van der Waals surface area contributed by atoms with Crippen LogP contribution in [-0.2, 0) is 4.79 Å². The maximum absolute atomic E-state index is 13.1. The SMILES string of the molecule is Cc1cc(N2CCN(CC(=O)Nc3ccc4c(c3)OC(F)(F)O4)CC2)nc(C(C)C)n1. The quantitative estimate of drug-likeness (QED) is 0.777. The van der Waals surface area contributed by atoms with Gasteiger partial charge in [-0.15, -0.1) is 8.78 Å². The van der Waals surface area contributed by atoms with E-state index in [-0.39, 0.29) is 29.9 Å². The fraction of sp³-hybridized carbons (Fsp3) is 0.476. The molecule has 0 bridgehead atoms. The van der Waals surface area contributed by atoms with E-state index in [9.17, 15) is 13.6 Å². The van der Waals surface area contributed by atoms with Crippen molar-refractivity contribution in [1.82, 2.24) is 14.9 Å². The van der Waals surface area contributed by atoms with Crippen LogP contribution in [-0.4, -0.2) is 59.8 Å². The third kappa shape index (κ3) is 5.01. The number of piperazine rings is 1. The summed E-state index contributed by atoms with van der Waals surface area (Å²) in [5.41, 5.74) is 1.32. The third-order valence-corrected chi connectivity index (χ3v) is 5.12. The van der Waals surface area contributed by atoms with Crippen LogP contribution in [0.2, 0.25) is 0 Å². The lowest BCUT2D eigenvalue weighted by Crippen LogP contribution is -2.49. The number of fused-ring (bicyclic) bond motifs is 1. The Morgan fingerprint density at radius 1 is 1.13 bits per heavy atom. The Labute approximate surface area is 179 Å². The van der Waals surface area contributed by atoms with Crippen LogP contribution in [0.3, 0.4) is 0 Å². The lowest BCUT2D eigenvalue weighted by Gasteiger charge is -2.35. The van der Waals surface area contributed by atoms with Crippen LogP contribution in [0.25, 0.3) is 0 Å². The molecule has 2 aliphatic heterocycles. The zero-order valence-electron chi connectivity index (χ0n) is 17.7. The number of carbonyl (C=O) groups excluding carboxylic acids is 1. The number of amides is 1. The lowest BCUT2D eigenvalue weighted by atomic mass is 10.2. The van der Waals surface area contributed by atoms with Gasteiger partial charge in [-0.05, 0) is 19.1 Å². The van der Waals surface area contributed by atoms with Gasteiger partial charge in [0.05, 0.1) is 6.54 Å². The first-order valence-corrected chi connectivity index (χ1v) is 10.2. The molecule has 1 aromatic carbocycles. The molecule has 31 heavy (non-hydrogen) atoms. The molecule has 0 saturated carbocycles. The molecule has 1 N–H and O–H groups in total. The molecule has 4 rings (SSSR count). The zero-order chi connectivity index (χ0) is 22.2. The highest BCUT2D eigenvalue weighted by Gasteiger charge is 2.43. The van der Waals surface area contributed by atoms with Crippen molar-refractivity contribution < 1.29 is 23.0 Å². The normalized spacial score (nSPS) is 17.8. The Hall–Kier alpha value is -3.01. The molecule has 8 nitrogen and oxygen atoms in total. The number of anilines is 2. The van der Waals surface area contributed by atoms with E-state index >= 15 is 0 Å². The first-order valence-electron chi connectivity index (χ1n) is 10.2. The number of benzene rings is 1. The first kappa shape index (κ1) is 21.2. The Kier molecular flexibility index (Phi) is 5.65. The van der Waals surface area contributed by atoms with Crippen LogP contribution in [0.1, 0.15) is 31.3 Å². The molecule has 0 radical (unpaired) electrons. The Bertz CT molecular complexity index is 977. The van der Waals surface area contributed by atoms with Crippen molar-refractivity contribution in [3.8, 4) is 11.5 Å². The highest BCUT2D eigenvalue weighted by Crippen LogP contribution is 2.42. The van der Waals surface area contributed by atoms with Gasteiger partial charge >= 0.3 is 6.29 Å². The predicted octanol–water partition coefficient (Wildman–Crippen LogP) is 2.99. The minimum atomic E-state index is -3.68. The summed E-state index contributed by atoms with van der Waals surface area (Å²) in [7, 11) is 0. The Morgan fingerprint density at radius 3 is 2.55 bits per heavy atom. The van der Waals surface area contributed by atoms with Gasteiger partial charge in [-0.25, -0.2) is 9.97 Å². The van der Waals surface area contributed by atoms with E-state index in [0.29, 0.717) is 18.8 Å². The van der Waals surface area contributed by atoms with Gasteiger partial charge in [0.15, 0.2) is 11.5 Å². The standard InChI is InChI=1S/C21H25F2N5O3/c1-13(2)20-24-14(3)10-18(26-20)28-8-6-27(7-9-28)12-19(29)25-15-4-5-16-17(11-15)31-21(22,23)30-16/h4-5,10-11,13H,6-9,12H2,1-3H3,(H,25,29). The summed E-state index contributed by atoms with van der Waals surface area (Å²) < 4.78 is 35.0. The minimum Gasteiger partial charge on any atom is -0.395 e. The molecule has 1 fully saturated rings. The summed E-state index contributed by atoms with van der Waals surface area (Å²) in [6, 6.07) is 6.16. The van der Waals surface area contributed by atoms with E-state index < -0.39 is 6.29 Å². The maximum Gasteiger partial charge on any atom is 0.586 e. The molecule has 0 unspecified atom stereocenters. The molecule has 3 heterocycles. The topological polar surface area (TPSA) is 79.8 Å². The molecule has 2 aromatic rings. The van der Waals surface area contributed by atoms with Crippen molar-refractivity contribution in [3.63, 3.8) is 0 Å². The van der Waals surface area contributed by atoms with Crippen molar-refractivity contribution in [3.05, 3.63) is 35.8 Å². The van der Waals surface area contributed by atoms with Gasteiger partial charge in [-0.2, -0.15) is 0 Å². The van der Waals surface area contributed by atoms with E-state index in [1.807, 2.05) is 17.9 Å². The van der Waals surface area contributed by atoms with Crippen LogP contribution in [0, 0.1) is 6.92 Å². The molecular weight excluding hydrogens is 408 g/mol. The van der Waals surface area contributed by atoms with Crippen molar-refractivity contribution in [2.24, 2.45) is 0 Å². The first-order chi connectivity index (χ1) is 14.7. The van der Waals surface area contributed by atoms with Gasteiger partial charge in [0.25, 0.3) is 0 Å². The molecule has 2 aliphatic rings. The van der Waals surface area contributed by atoms with Crippen molar-refractivity contribution in [2.75, 3.05) is 42.9 Å². The third-order valence-electron chi connectivity index (χ3n) is 5.12. The monoisotopic (exact) mass is 433 g/mol. The van der Waals surface area contributed by atoms with Crippen LogP contribution in [0.5, 0.6) is 11.5 Å². The van der Waals surface area contributed by atoms with E-state index in [1.165, 1.54) is 18.2 Å². The second-order valence-corrected chi connectivity index (χ2v) is 8.02. The van der Waals surface area contributed by atoms with Gasteiger partial charge in [0, 0.05) is 55.6 Å².